The van der Waals surface area contributed by atoms with E-state index in [-0.39, 0.29) is 36.8 Å². The fourth-order valence-electron chi connectivity index (χ4n) is 0.352. The Balaban J connectivity index is -0.000000405. The van der Waals surface area contributed by atoms with Crippen LogP contribution in [0.3, 0.4) is 0 Å². The smallest absolute Gasteiger partial charge is 0.748 e. The number of rotatable bonds is 3. The van der Waals surface area contributed by atoms with Gasteiger partial charge in [0, 0.05) is 13.5 Å². The molecule has 0 aromatic heterocycles. The van der Waals surface area contributed by atoms with E-state index in [0.29, 0.717) is 0 Å². The minimum atomic E-state index is -4.18. The molecule has 1 amide bonds. The van der Waals surface area contributed by atoms with Gasteiger partial charge in [0.05, 0.1) is 15.9 Å². The van der Waals surface area contributed by atoms with E-state index in [4.69, 9.17) is 0 Å². The summed E-state index contributed by atoms with van der Waals surface area (Å²) in [6.45, 7) is 1.14. The van der Waals surface area contributed by atoms with Gasteiger partial charge in [-0.25, -0.2) is 8.42 Å². The van der Waals surface area contributed by atoms with Gasteiger partial charge in [-0.05, 0) is 0 Å². The van der Waals surface area contributed by atoms with Gasteiger partial charge in [-0.1, -0.05) is 0 Å². The molecule has 0 saturated heterocycles. The maximum Gasteiger partial charge on any atom is 1.00 e. The Kier molecular flexibility index (Phi) is 11.3. The molecule has 0 aliphatic carbocycles. The van der Waals surface area contributed by atoms with Crippen LogP contribution in [-0.2, 0) is 14.9 Å². The molecule has 12 heavy (non-hydrogen) atoms. The normalized spacial score (nSPS) is 9.17. The maximum absolute atomic E-state index is 10.1. The Morgan fingerprint density at radius 3 is 2.17 bits per heavy atom. The van der Waals surface area contributed by atoms with Crippen molar-refractivity contribution in [2.45, 2.75) is 6.92 Å². The Labute approximate surface area is 83.0 Å². The monoisotopic (exact) mass is 191 g/mol. The fraction of sp³-hybridized carbons (Fsp3) is 0.750. The van der Waals surface area contributed by atoms with Crippen molar-refractivity contribution in [2.75, 3.05) is 12.3 Å². The van der Waals surface area contributed by atoms with Gasteiger partial charge in [0.15, 0.2) is 0 Å². The SMILES string of the molecule is CC(=O)NCCS(=O)(=O)[O-].O.[Li+]. The molecule has 0 radical (unpaired) electrons. The summed E-state index contributed by atoms with van der Waals surface area (Å²) in [7, 11) is -4.18. The maximum atomic E-state index is 10.1. The summed E-state index contributed by atoms with van der Waals surface area (Å²) >= 11 is 0. The van der Waals surface area contributed by atoms with E-state index in [1.165, 1.54) is 6.92 Å². The predicted molar refractivity (Wildman–Crippen MR) is 36.9 cm³/mol. The Morgan fingerprint density at radius 2 is 1.92 bits per heavy atom. The summed E-state index contributed by atoms with van der Waals surface area (Å²) in [6, 6.07) is 0. The fourth-order valence-corrected chi connectivity index (χ4v) is 0.704. The van der Waals surface area contributed by atoms with E-state index in [1.54, 1.807) is 0 Å². The van der Waals surface area contributed by atoms with Gasteiger partial charge in [-0.15, -0.1) is 0 Å². The van der Waals surface area contributed by atoms with Gasteiger partial charge < -0.3 is 15.3 Å². The van der Waals surface area contributed by atoms with Crippen LogP contribution in [0.15, 0.2) is 0 Å². The zero-order chi connectivity index (χ0) is 8.20. The Hall–Kier alpha value is -0.0626. The minimum Gasteiger partial charge on any atom is -0.748 e. The van der Waals surface area contributed by atoms with Crippen LogP contribution in [0.1, 0.15) is 6.92 Å². The molecular weight excluding hydrogens is 181 g/mol. The molecule has 0 spiro atoms. The Bertz CT molecular complexity index is 213. The number of carbonyl (C=O) groups excluding carboxylic acids is 1. The zero-order valence-electron chi connectivity index (χ0n) is 6.96. The van der Waals surface area contributed by atoms with Crippen molar-refractivity contribution in [2.24, 2.45) is 0 Å². The van der Waals surface area contributed by atoms with Crippen molar-refractivity contribution in [1.29, 1.82) is 0 Å². The van der Waals surface area contributed by atoms with Crippen LogP contribution in [-0.4, -0.2) is 36.7 Å². The average Bonchev–Trinajstić information content (AvgIpc) is 1.59. The summed E-state index contributed by atoms with van der Waals surface area (Å²) in [5.74, 6) is -0.893. The molecule has 0 heterocycles. The summed E-state index contributed by atoms with van der Waals surface area (Å²) in [6.07, 6.45) is 0. The number of nitrogens with one attached hydrogen (secondary N) is 1. The Morgan fingerprint density at radius 1 is 1.50 bits per heavy atom. The molecule has 0 fully saturated rings. The average molecular weight is 191 g/mol. The summed E-state index contributed by atoms with van der Waals surface area (Å²) < 4.78 is 29.7. The molecule has 0 rings (SSSR count). The summed E-state index contributed by atoms with van der Waals surface area (Å²) in [5.41, 5.74) is 0. The van der Waals surface area contributed by atoms with Gasteiger partial charge >= 0.3 is 18.9 Å². The number of hydrogen-bond donors (Lipinski definition) is 1. The summed E-state index contributed by atoms with van der Waals surface area (Å²) in [4.78, 5) is 10.1. The molecule has 0 aliphatic heterocycles. The van der Waals surface area contributed by atoms with Crippen molar-refractivity contribution in [1.82, 2.24) is 5.32 Å². The molecular formula is C4H10LiNO5S. The molecule has 0 saturated carbocycles. The molecule has 0 bridgehead atoms. The second kappa shape index (κ2) is 7.58. The third-order valence-electron chi connectivity index (χ3n) is 0.726. The van der Waals surface area contributed by atoms with Gasteiger partial charge in [-0.2, -0.15) is 0 Å². The third kappa shape index (κ3) is 16.5. The molecule has 68 valence electrons. The molecule has 0 aromatic rings. The van der Waals surface area contributed by atoms with Gasteiger partial charge in [0.2, 0.25) is 5.91 Å². The van der Waals surface area contributed by atoms with E-state index in [9.17, 15) is 17.8 Å². The standard InChI is InChI=1S/C4H9NO4S.Li.H2O/c1-4(6)5-2-3-10(7,8)9;;/h2-3H2,1H3,(H,5,6)(H,7,8,9);;1H2/q;+1;/p-1. The second-order valence-corrected chi connectivity index (χ2v) is 3.27. The van der Waals surface area contributed by atoms with Gasteiger partial charge in [0.25, 0.3) is 0 Å². The van der Waals surface area contributed by atoms with Crippen LogP contribution >= 0.6 is 0 Å². The largest absolute Gasteiger partial charge is 1.00 e. The third-order valence-corrected chi connectivity index (χ3v) is 1.43. The molecule has 0 atom stereocenters. The van der Waals surface area contributed by atoms with Crippen LogP contribution in [0, 0.1) is 0 Å². The van der Waals surface area contributed by atoms with Crippen molar-refractivity contribution < 1.29 is 42.1 Å². The quantitative estimate of drug-likeness (QED) is 0.354. The molecule has 0 aromatic carbocycles. The van der Waals surface area contributed by atoms with Crippen LogP contribution in [0.25, 0.3) is 0 Å². The first-order valence-corrected chi connectivity index (χ1v) is 4.17. The van der Waals surface area contributed by atoms with E-state index in [0.717, 1.165) is 0 Å². The van der Waals surface area contributed by atoms with E-state index in [1.807, 2.05) is 0 Å². The van der Waals surface area contributed by atoms with Gasteiger partial charge in [-0.3, -0.25) is 4.79 Å². The first-order valence-electron chi connectivity index (χ1n) is 2.60. The van der Waals surface area contributed by atoms with Crippen LogP contribution in [0.4, 0.5) is 0 Å². The summed E-state index contributed by atoms with van der Waals surface area (Å²) in [5, 5.41) is 2.18. The molecule has 6 nitrogen and oxygen atoms in total. The number of hydrogen-bond acceptors (Lipinski definition) is 4. The molecule has 0 unspecified atom stereocenters. The van der Waals surface area contributed by atoms with E-state index >= 15 is 0 Å². The van der Waals surface area contributed by atoms with Crippen molar-refractivity contribution in [3.05, 3.63) is 0 Å². The first-order chi connectivity index (χ1) is 4.42. The topological polar surface area (TPSA) is 118 Å². The van der Waals surface area contributed by atoms with Gasteiger partial charge in [0.1, 0.15) is 0 Å². The van der Waals surface area contributed by atoms with Crippen molar-refractivity contribution in [3.8, 4) is 0 Å². The minimum absolute atomic E-state index is 0. The predicted octanol–water partition coefficient (Wildman–Crippen LogP) is -5.15. The number of carbonyl (C=O) groups is 1. The van der Waals surface area contributed by atoms with Crippen molar-refractivity contribution >= 4 is 16.0 Å². The number of amides is 1. The molecule has 3 N–H and O–H groups in total. The van der Waals surface area contributed by atoms with Crippen LogP contribution in [0.2, 0.25) is 0 Å². The van der Waals surface area contributed by atoms with E-state index in [2.05, 4.69) is 5.32 Å². The molecule has 0 aliphatic rings. The van der Waals surface area contributed by atoms with Crippen molar-refractivity contribution in [3.63, 3.8) is 0 Å². The second-order valence-electron chi connectivity index (χ2n) is 1.74. The molecule has 8 heteroatoms. The first kappa shape index (κ1) is 17.9. The van der Waals surface area contributed by atoms with Crippen LogP contribution < -0.4 is 24.2 Å². The zero-order valence-corrected chi connectivity index (χ0v) is 7.77. The van der Waals surface area contributed by atoms with Crippen LogP contribution in [0.5, 0.6) is 0 Å². The van der Waals surface area contributed by atoms with E-state index < -0.39 is 15.9 Å².